The Bertz CT molecular complexity index is 481. The van der Waals surface area contributed by atoms with E-state index in [1.165, 1.54) is 12.1 Å². The lowest BCUT2D eigenvalue weighted by molar-refractivity contribution is 0.623. The maximum absolute atomic E-state index is 12.8. The van der Waals surface area contributed by atoms with Crippen molar-refractivity contribution in [1.82, 2.24) is 9.78 Å². The van der Waals surface area contributed by atoms with Gasteiger partial charge in [-0.25, -0.2) is 9.07 Å². The molecule has 2 N–H and O–H groups in total. The van der Waals surface area contributed by atoms with Crippen LogP contribution >= 0.6 is 15.9 Å². The van der Waals surface area contributed by atoms with Crippen LogP contribution in [0, 0.1) is 5.82 Å². The molecule has 1 aromatic heterocycles. The molecule has 0 bridgehead atoms. The van der Waals surface area contributed by atoms with E-state index < -0.39 is 0 Å². The molecule has 0 fully saturated rings. The zero-order valence-corrected chi connectivity index (χ0v) is 9.41. The van der Waals surface area contributed by atoms with E-state index >= 15 is 0 Å². The summed E-state index contributed by atoms with van der Waals surface area (Å²) in [6.07, 6.45) is 1.63. The monoisotopic (exact) mass is 269 g/mol. The van der Waals surface area contributed by atoms with Crippen LogP contribution in [0.25, 0.3) is 0 Å². The molecular formula is C10H9BrFN3. The molecule has 0 aliphatic carbocycles. The van der Waals surface area contributed by atoms with E-state index in [0.29, 0.717) is 12.4 Å². The summed E-state index contributed by atoms with van der Waals surface area (Å²) >= 11 is 3.30. The number of benzene rings is 1. The Kier molecular flexibility index (Phi) is 2.73. The Morgan fingerprint density at radius 1 is 1.40 bits per heavy atom. The van der Waals surface area contributed by atoms with Gasteiger partial charge >= 0.3 is 0 Å². The first-order valence-corrected chi connectivity index (χ1v) is 5.17. The van der Waals surface area contributed by atoms with Crippen LogP contribution in [0.4, 0.5) is 10.2 Å². The van der Waals surface area contributed by atoms with Crippen molar-refractivity contribution in [1.29, 1.82) is 0 Å². The Morgan fingerprint density at radius 3 is 2.80 bits per heavy atom. The largest absolute Gasteiger partial charge is 0.384 e. The predicted molar refractivity (Wildman–Crippen MR) is 59.8 cm³/mol. The molecule has 0 spiro atoms. The van der Waals surface area contributed by atoms with Crippen molar-refractivity contribution in [2.45, 2.75) is 6.54 Å². The van der Waals surface area contributed by atoms with Crippen LogP contribution in [0.2, 0.25) is 0 Å². The SMILES string of the molecule is Nc1ccnn1Cc1ccc(F)cc1Br. The average Bonchev–Trinajstić information content (AvgIpc) is 2.57. The zero-order valence-electron chi connectivity index (χ0n) is 7.82. The number of halogens is 2. The van der Waals surface area contributed by atoms with Gasteiger partial charge < -0.3 is 5.73 Å². The minimum Gasteiger partial charge on any atom is -0.384 e. The highest BCUT2D eigenvalue weighted by Crippen LogP contribution is 2.19. The van der Waals surface area contributed by atoms with E-state index in [1.54, 1.807) is 23.0 Å². The molecule has 0 saturated heterocycles. The topological polar surface area (TPSA) is 43.8 Å². The van der Waals surface area contributed by atoms with Crippen molar-refractivity contribution in [3.05, 3.63) is 46.3 Å². The Morgan fingerprint density at radius 2 is 2.20 bits per heavy atom. The highest BCUT2D eigenvalue weighted by molar-refractivity contribution is 9.10. The summed E-state index contributed by atoms with van der Waals surface area (Å²) in [5.74, 6) is 0.324. The number of rotatable bonds is 2. The molecule has 0 atom stereocenters. The molecule has 0 unspecified atom stereocenters. The summed E-state index contributed by atoms with van der Waals surface area (Å²) in [5.41, 5.74) is 6.62. The predicted octanol–water partition coefficient (Wildman–Crippen LogP) is 2.42. The van der Waals surface area contributed by atoms with Gasteiger partial charge in [0.05, 0.1) is 12.7 Å². The van der Waals surface area contributed by atoms with Gasteiger partial charge in [-0.3, -0.25) is 0 Å². The van der Waals surface area contributed by atoms with E-state index in [-0.39, 0.29) is 5.82 Å². The van der Waals surface area contributed by atoms with Gasteiger partial charge in [0.25, 0.3) is 0 Å². The fraction of sp³-hybridized carbons (Fsp3) is 0.100. The van der Waals surface area contributed by atoms with Crippen molar-refractivity contribution >= 4 is 21.7 Å². The summed E-state index contributed by atoms with van der Waals surface area (Å²) in [6, 6.07) is 6.27. The van der Waals surface area contributed by atoms with Crippen molar-refractivity contribution in [3.63, 3.8) is 0 Å². The molecule has 0 aliphatic rings. The van der Waals surface area contributed by atoms with Gasteiger partial charge in [-0.05, 0) is 23.8 Å². The second-order valence-electron chi connectivity index (χ2n) is 3.15. The van der Waals surface area contributed by atoms with E-state index in [9.17, 15) is 4.39 Å². The van der Waals surface area contributed by atoms with Gasteiger partial charge in [0.2, 0.25) is 0 Å². The van der Waals surface area contributed by atoms with Crippen LogP contribution in [0.1, 0.15) is 5.56 Å². The van der Waals surface area contributed by atoms with E-state index in [1.807, 2.05) is 0 Å². The molecule has 2 rings (SSSR count). The van der Waals surface area contributed by atoms with Crippen LogP contribution in [-0.2, 0) is 6.54 Å². The van der Waals surface area contributed by atoms with Crippen molar-refractivity contribution in [3.8, 4) is 0 Å². The van der Waals surface area contributed by atoms with Gasteiger partial charge in [0.15, 0.2) is 0 Å². The summed E-state index contributed by atoms with van der Waals surface area (Å²) in [6.45, 7) is 0.527. The standard InChI is InChI=1S/C10H9BrFN3/c11-9-5-8(12)2-1-7(9)6-15-10(13)3-4-14-15/h1-5H,6,13H2. The number of aromatic nitrogens is 2. The number of nitrogens with zero attached hydrogens (tertiary/aromatic N) is 2. The molecule has 2 aromatic rings. The molecule has 5 heteroatoms. The quantitative estimate of drug-likeness (QED) is 0.910. The number of hydrogen-bond acceptors (Lipinski definition) is 2. The third-order valence-corrected chi connectivity index (χ3v) is 2.82. The molecule has 78 valence electrons. The van der Waals surface area contributed by atoms with E-state index in [0.717, 1.165) is 10.0 Å². The van der Waals surface area contributed by atoms with Gasteiger partial charge in [-0.1, -0.05) is 22.0 Å². The number of hydrogen-bond donors (Lipinski definition) is 1. The second-order valence-corrected chi connectivity index (χ2v) is 4.00. The Hall–Kier alpha value is -1.36. The Labute approximate surface area is 94.8 Å². The minimum atomic E-state index is -0.265. The molecule has 3 nitrogen and oxygen atoms in total. The summed E-state index contributed by atoms with van der Waals surface area (Å²) in [7, 11) is 0. The third-order valence-electron chi connectivity index (χ3n) is 2.08. The van der Waals surface area contributed by atoms with Crippen LogP contribution in [0.3, 0.4) is 0 Å². The van der Waals surface area contributed by atoms with Crippen LogP contribution in [0.5, 0.6) is 0 Å². The molecule has 1 heterocycles. The molecule has 0 amide bonds. The lowest BCUT2D eigenvalue weighted by atomic mass is 10.2. The normalized spacial score (nSPS) is 10.5. The van der Waals surface area contributed by atoms with Crippen LogP contribution in [-0.4, -0.2) is 9.78 Å². The van der Waals surface area contributed by atoms with Crippen LogP contribution < -0.4 is 5.73 Å². The van der Waals surface area contributed by atoms with Gasteiger partial charge in [-0.15, -0.1) is 0 Å². The first-order valence-electron chi connectivity index (χ1n) is 4.38. The number of nitrogens with two attached hydrogens (primary N) is 1. The molecule has 15 heavy (non-hydrogen) atoms. The summed E-state index contributed by atoms with van der Waals surface area (Å²) in [4.78, 5) is 0. The van der Waals surface area contributed by atoms with Gasteiger partial charge in [0.1, 0.15) is 11.6 Å². The van der Waals surface area contributed by atoms with Crippen molar-refractivity contribution in [2.75, 3.05) is 5.73 Å². The maximum Gasteiger partial charge on any atom is 0.124 e. The highest BCUT2D eigenvalue weighted by atomic mass is 79.9. The molecule has 1 aromatic carbocycles. The van der Waals surface area contributed by atoms with E-state index in [2.05, 4.69) is 21.0 Å². The second kappa shape index (κ2) is 4.02. The fourth-order valence-corrected chi connectivity index (χ4v) is 1.76. The highest BCUT2D eigenvalue weighted by Gasteiger charge is 2.04. The summed E-state index contributed by atoms with van der Waals surface area (Å²) < 4.78 is 15.2. The fourth-order valence-electron chi connectivity index (χ4n) is 1.29. The van der Waals surface area contributed by atoms with Crippen molar-refractivity contribution < 1.29 is 4.39 Å². The van der Waals surface area contributed by atoms with Gasteiger partial charge in [-0.2, -0.15) is 5.10 Å². The first-order chi connectivity index (χ1) is 7.16. The smallest absolute Gasteiger partial charge is 0.124 e. The summed E-state index contributed by atoms with van der Waals surface area (Å²) in [5, 5.41) is 4.05. The van der Waals surface area contributed by atoms with Crippen molar-refractivity contribution in [2.24, 2.45) is 0 Å². The maximum atomic E-state index is 12.8. The Balaban J connectivity index is 2.29. The lowest BCUT2D eigenvalue weighted by Gasteiger charge is -2.06. The van der Waals surface area contributed by atoms with E-state index in [4.69, 9.17) is 5.73 Å². The number of nitrogen functional groups attached to an aromatic ring is 1. The first kappa shape index (κ1) is 10.2. The molecular weight excluding hydrogens is 261 g/mol. The zero-order chi connectivity index (χ0) is 10.8. The number of anilines is 1. The third kappa shape index (κ3) is 2.18. The molecule has 0 saturated carbocycles. The lowest BCUT2D eigenvalue weighted by Crippen LogP contribution is -2.06. The molecule has 0 radical (unpaired) electrons. The average molecular weight is 270 g/mol. The van der Waals surface area contributed by atoms with Crippen LogP contribution in [0.15, 0.2) is 34.9 Å². The van der Waals surface area contributed by atoms with Gasteiger partial charge in [0, 0.05) is 4.47 Å². The molecule has 0 aliphatic heterocycles. The minimum absolute atomic E-state index is 0.265.